The number of morpholine rings is 1. The van der Waals surface area contributed by atoms with E-state index in [4.69, 9.17) is 16.3 Å². The third-order valence-electron chi connectivity index (χ3n) is 5.72. The Morgan fingerprint density at radius 1 is 1.32 bits per heavy atom. The predicted molar refractivity (Wildman–Crippen MR) is 109 cm³/mol. The van der Waals surface area contributed by atoms with E-state index < -0.39 is 0 Å². The van der Waals surface area contributed by atoms with E-state index in [9.17, 15) is 9.59 Å². The Balaban J connectivity index is 1.57. The predicted octanol–water partition coefficient (Wildman–Crippen LogP) is 2.86. The van der Waals surface area contributed by atoms with Crippen molar-refractivity contribution in [2.75, 3.05) is 18.1 Å². The van der Waals surface area contributed by atoms with Crippen LogP contribution >= 0.6 is 11.6 Å². The van der Waals surface area contributed by atoms with E-state index in [0.717, 1.165) is 35.5 Å². The molecule has 0 spiro atoms. The Kier molecular flexibility index (Phi) is 4.93. The number of hydrogen-bond donors (Lipinski definition) is 2. The summed E-state index contributed by atoms with van der Waals surface area (Å²) < 4.78 is 5.68. The summed E-state index contributed by atoms with van der Waals surface area (Å²) >= 11 is 6.34. The number of nitrogens with zero attached hydrogens (tertiary/aromatic N) is 1. The van der Waals surface area contributed by atoms with Gasteiger partial charge in [-0.15, -0.1) is 0 Å². The van der Waals surface area contributed by atoms with Crippen molar-refractivity contribution in [2.24, 2.45) is 0 Å². The number of aryl methyl sites for hydroxylation is 2. The standard InChI is InChI=1S/C21H24ClN3O3/c1-11-4-12(2)24-21(27)18(11)8-23-20(26)17-5-14(22)6-19(13(17)3)25-9-16-7-15(25)10-28-16/h4-6,15-16H,7-10H2,1-3H3,(H,23,26)(H,24,27)/t15-,16-/m1/s1. The number of aromatic nitrogens is 1. The molecule has 0 aliphatic carbocycles. The molecular formula is C21H24ClN3O3. The van der Waals surface area contributed by atoms with E-state index in [2.05, 4.69) is 15.2 Å². The molecule has 2 aliphatic rings. The molecule has 1 aromatic heterocycles. The van der Waals surface area contributed by atoms with Crippen molar-refractivity contribution < 1.29 is 9.53 Å². The number of rotatable bonds is 4. The summed E-state index contributed by atoms with van der Waals surface area (Å²) in [6.45, 7) is 7.36. The summed E-state index contributed by atoms with van der Waals surface area (Å²) in [5.41, 5.74) is 4.46. The Hall–Kier alpha value is -2.31. The van der Waals surface area contributed by atoms with E-state index in [1.807, 2.05) is 32.9 Å². The number of ether oxygens (including phenoxy) is 1. The smallest absolute Gasteiger partial charge is 0.253 e. The molecule has 2 aromatic rings. The third kappa shape index (κ3) is 3.42. The second-order valence-electron chi connectivity index (χ2n) is 7.72. The molecular weight excluding hydrogens is 378 g/mol. The van der Waals surface area contributed by atoms with Gasteiger partial charge < -0.3 is 19.9 Å². The molecule has 3 heterocycles. The second-order valence-corrected chi connectivity index (χ2v) is 8.16. The second kappa shape index (κ2) is 7.26. The van der Waals surface area contributed by atoms with Crippen molar-refractivity contribution >= 4 is 23.2 Å². The first-order valence-electron chi connectivity index (χ1n) is 9.49. The maximum Gasteiger partial charge on any atom is 0.253 e. The van der Waals surface area contributed by atoms with Crippen LogP contribution in [-0.2, 0) is 11.3 Å². The van der Waals surface area contributed by atoms with Crippen molar-refractivity contribution in [3.8, 4) is 0 Å². The topological polar surface area (TPSA) is 74.4 Å². The lowest BCUT2D eigenvalue weighted by Gasteiger charge is -2.31. The zero-order valence-corrected chi connectivity index (χ0v) is 17.0. The third-order valence-corrected chi connectivity index (χ3v) is 5.94. The minimum Gasteiger partial charge on any atom is -0.374 e. The van der Waals surface area contributed by atoms with E-state index in [0.29, 0.717) is 28.8 Å². The first-order valence-corrected chi connectivity index (χ1v) is 9.87. The quantitative estimate of drug-likeness (QED) is 0.826. The van der Waals surface area contributed by atoms with Crippen LogP contribution in [0.15, 0.2) is 23.0 Å². The van der Waals surface area contributed by atoms with Gasteiger partial charge in [0.05, 0.1) is 18.8 Å². The first kappa shape index (κ1) is 19.0. The number of hydrogen-bond acceptors (Lipinski definition) is 4. The van der Waals surface area contributed by atoms with Gasteiger partial charge in [-0.05, 0) is 56.5 Å². The van der Waals surface area contributed by atoms with Crippen molar-refractivity contribution in [3.05, 3.63) is 61.5 Å². The lowest BCUT2D eigenvalue weighted by Crippen LogP contribution is -2.37. The number of carbonyl (C=O) groups is 1. The molecule has 2 N–H and O–H groups in total. The summed E-state index contributed by atoms with van der Waals surface area (Å²) in [7, 11) is 0. The zero-order valence-electron chi connectivity index (χ0n) is 16.3. The van der Waals surface area contributed by atoms with Crippen molar-refractivity contribution in [1.29, 1.82) is 0 Å². The van der Waals surface area contributed by atoms with Crippen molar-refractivity contribution in [3.63, 3.8) is 0 Å². The number of amides is 1. The van der Waals surface area contributed by atoms with Gasteiger partial charge in [-0.1, -0.05) is 11.6 Å². The van der Waals surface area contributed by atoms with E-state index in [1.165, 1.54) is 0 Å². The van der Waals surface area contributed by atoms with Crippen LogP contribution in [0.25, 0.3) is 0 Å². The molecule has 1 amide bonds. The fourth-order valence-corrected chi connectivity index (χ4v) is 4.47. The van der Waals surface area contributed by atoms with Crippen molar-refractivity contribution in [1.82, 2.24) is 10.3 Å². The van der Waals surface area contributed by atoms with E-state index in [1.54, 1.807) is 6.07 Å². The molecule has 2 fully saturated rings. The summed E-state index contributed by atoms with van der Waals surface area (Å²) in [5, 5.41) is 3.40. The Morgan fingerprint density at radius 3 is 2.75 bits per heavy atom. The normalized spacial score (nSPS) is 20.6. The van der Waals surface area contributed by atoms with Gasteiger partial charge in [-0.2, -0.15) is 0 Å². The van der Waals surface area contributed by atoms with Gasteiger partial charge in [0.2, 0.25) is 0 Å². The van der Waals surface area contributed by atoms with Gasteiger partial charge in [-0.25, -0.2) is 0 Å². The highest BCUT2D eigenvalue weighted by Crippen LogP contribution is 2.36. The van der Waals surface area contributed by atoms with Gasteiger partial charge in [-0.3, -0.25) is 9.59 Å². The number of anilines is 1. The number of benzene rings is 1. The average molecular weight is 402 g/mol. The van der Waals surface area contributed by atoms with Crippen LogP contribution in [0.1, 0.15) is 39.2 Å². The van der Waals surface area contributed by atoms with Gasteiger partial charge in [0.1, 0.15) is 0 Å². The largest absolute Gasteiger partial charge is 0.374 e. The maximum absolute atomic E-state index is 12.9. The number of fused-ring (bicyclic) bond motifs is 2. The van der Waals surface area contributed by atoms with Crippen LogP contribution in [-0.4, -0.2) is 36.2 Å². The number of carbonyl (C=O) groups excluding carboxylic acids is 1. The minimum atomic E-state index is -0.235. The summed E-state index contributed by atoms with van der Waals surface area (Å²) in [5.74, 6) is -0.235. The number of H-pyrrole nitrogens is 1. The van der Waals surface area contributed by atoms with E-state index >= 15 is 0 Å². The molecule has 4 rings (SSSR count). The average Bonchev–Trinajstić information content (AvgIpc) is 3.25. The first-order chi connectivity index (χ1) is 13.3. The number of nitrogens with one attached hydrogen (secondary N) is 2. The molecule has 2 bridgehead atoms. The molecule has 2 saturated heterocycles. The van der Waals surface area contributed by atoms with Gasteiger partial charge >= 0.3 is 0 Å². The molecule has 7 heteroatoms. The van der Waals surface area contributed by atoms with Crippen LogP contribution in [0, 0.1) is 20.8 Å². The molecule has 6 nitrogen and oxygen atoms in total. The van der Waals surface area contributed by atoms with Crippen molar-refractivity contribution in [2.45, 2.75) is 45.9 Å². The lowest BCUT2D eigenvalue weighted by atomic mass is 10.0. The Labute approximate surface area is 168 Å². The Bertz CT molecular complexity index is 1000. The number of pyridine rings is 1. The highest BCUT2D eigenvalue weighted by molar-refractivity contribution is 6.31. The lowest BCUT2D eigenvalue weighted by molar-refractivity contribution is 0.0950. The highest BCUT2D eigenvalue weighted by atomic mass is 35.5. The molecule has 2 atom stereocenters. The SMILES string of the molecule is Cc1cc(C)c(CNC(=O)c2cc(Cl)cc(N3C[C@H]4C[C@@H]3CO4)c2C)c(=O)[nH]1. The molecule has 148 valence electrons. The van der Waals surface area contributed by atoms with Gasteiger partial charge in [0.25, 0.3) is 11.5 Å². The fourth-order valence-electron chi connectivity index (χ4n) is 4.26. The molecule has 0 saturated carbocycles. The minimum absolute atomic E-state index is 0.170. The molecule has 0 unspecified atom stereocenters. The number of aromatic amines is 1. The van der Waals surface area contributed by atoms with Crippen LogP contribution in [0.3, 0.4) is 0 Å². The number of halogens is 1. The molecule has 0 radical (unpaired) electrons. The highest BCUT2D eigenvalue weighted by Gasteiger charge is 2.39. The van der Waals surface area contributed by atoms with Crippen LogP contribution in [0.2, 0.25) is 5.02 Å². The zero-order chi connectivity index (χ0) is 20.0. The van der Waals surface area contributed by atoms with Gasteiger partial charge in [0, 0.05) is 40.6 Å². The molecule has 1 aromatic carbocycles. The van der Waals surface area contributed by atoms with Crippen LogP contribution < -0.4 is 15.8 Å². The molecule has 2 aliphatic heterocycles. The monoisotopic (exact) mass is 401 g/mol. The molecule has 28 heavy (non-hydrogen) atoms. The van der Waals surface area contributed by atoms with Crippen LogP contribution in [0.4, 0.5) is 5.69 Å². The summed E-state index contributed by atoms with van der Waals surface area (Å²) in [6.07, 6.45) is 1.28. The fraction of sp³-hybridized carbons (Fsp3) is 0.429. The summed E-state index contributed by atoms with van der Waals surface area (Å²) in [4.78, 5) is 30.1. The maximum atomic E-state index is 12.9. The van der Waals surface area contributed by atoms with E-state index in [-0.39, 0.29) is 24.1 Å². The Morgan fingerprint density at radius 2 is 2.11 bits per heavy atom. The van der Waals surface area contributed by atoms with Crippen LogP contribution in [0.5, 0.6) is 0 Å². The summed E-state index contributed by atoms with van der Waals surface area (Å²) in [6, 6.07) is 5.85. The van der Waals surface area contributed by atoms with Gasteiger partial charge in [0.15, 0.2) is 0 Å².